The highest BCUT2D eigenvalue weighted by molar-refractivity contribution is 5.75. The number of aryl methyl sites for hydroxylation is 4. The van der Waals surface area contributed by atoms with E-state index in [1.165, 1.54) is 5.56 Å². The molecule has 5 nitrogen and oxygen atoms in total. The Morgan fingerprint density at radius 3 is 2.37 bits per heavy atom. The summed E-state index contributed by atoms with van der Waals surface area (Å²) < 4.78 is 7.38. The third-order valence-electron chi connectivity index (χ3n) is 4.81. The second-order valence-electron chi connectivity index (χ2n) is 6.75. The summed E-state index contributed by atoms with van der Waals surface area (Å²) in [4.78, 5) is 4.28. The Morgan fingerprint density at radius 1 is 0.963 bits per heavy atom. The molecule has 0 saturated carbocycles. The number of imidazole rings is 1. The van der Waals surface area contributed by atoms with Crippen molar-refractivity contribution in [1.29, 1.82) is 0 Å². The number of hydrogen-bond donors (Lipinski definition) is 1. The molecule has 0 aliphatic heterocycles. The predicted octanol–water partition coefficient (Wildman–Crippen LogP) is 5.50. The minimum Gasteiger partial charge on any atom is -0.361 e. The Hall–Kier alpha value is -3.34. The van der Waals surface area contributed by atoms with Gasteiger partial charge in [0.2, 0.25) is 0 Å². The first-order valence-corrected chi connectivity index (χ1v) is 8.94. The first-order valence-electron chi connectivity index (χ1n) is 8.94. The van der Waals surface area contributed by atoms with Gasteiger partial charge in [-0.15, -0.1) is 0 Å². The van der Waals surface area contributed by atoms with Gasteiger partial charge in [-0.05, 0) is 69.2 Å². The molecule has 1 N–H and O–H groups in total. The van der Waals surface area contributed by atoms with Crippen LogP contribution >= 0.6 is 0 Å². The fourth-order valence-corrected chi connectivity index (χ4v) is 3.32. The predicted molar refractivity (Wildman–Crippen MR) is 108 cm³/mol. The molecule has 0 bridgehead atoms. The lowest BCUT2D eigenvalue weighted by molar-refractivity contribution is 0.393. The Labute approximate surface area is 158 Å². The van der Waals surface area contributed by atoms with Gasteiger partial charge in [-0.1, -0.05) is 17.3 Å². The van der Waals surface area contributed by atoms with E-state index in [1.807, 2.05) is 33.2 Å². The zero-order valence-electron chi connectivity index (χ0n) is 15.9. The van der Waals surface area contributed by atoms with E-state index < -0.39 is 0 Å². The summed E-state index contributed by atoms with van der Waals surface area (Å²) in [5, 5.41) is 7.59. The largest absolute Gasteiger partial charge is 0.361 e. The monoisotopic (exact) mass is 358 g/mol. The van der Waals surface area contributed by atoms with E-state index in [1.54, 1.807) is 0 Å². The van der Waals surface area contributed by atoms with Crippen LogP contribution in [0, 0.1) is 27.7 Å². The number of anilines is 2. The van der Waals surface area contributed by atoms with Gasteiger partial charge in [-0.25, -0.2) is 4.98 Å². The Balaban J connectivity index is 1.63. The zero-order valence-corrected chi connectivity index (χ0v) is 15.9. The van der Waals surface area contributed by atoms with Crippen molar-refractivity contribution in [2.24, 2.45) is 0 Å². The minimum atomic E-state index is 0.836. The number of rotatable bonds is 4. The van der Waals surface area contributed by atoms with Gasteiger partial charge in [0.25, 0.3) is 0 Å². The van der Waals surface area contributed by atoms with Crippen LogP contribution in [0.25, 0.3) is 16.8 Å². The Morgan fingerprint density at radius 2 is 1.74 bits per heavy atom. The molecule has 0 amide bonds. The molecule has 2 aromatic carbocycles. The van der Waals surface area contributed by atoms with Crippen molar-refractivity contribution in [3.8, 4) is 16.8 Å². The highest BCUT2D eigenvalue weighted by Gasteiger charge is 2.13. The molecule has 2 aromatic heterocycles. The summed E-state index contributed by atoms with van der Waals surface area (Å²) in [6.45, 7) is 8.01. The molecule has 0 aliphatic rings. The van der Waals surface area contributed by atoms with E-state index in [2.05, 4.69) is 69.4 Å². The first kappa shape index (κ1) is 17.1. The quantitative estimate of drug-likeness (QED) is 0.523. The molecule has 4 rings (SSSR count). The summed E-state index contributed by atoms with van der Waals surface area (Å²) in [6.07, 6.45) is 3.78. The van der Waals surface area contributed by atoms with Gasteiger partial charge in [-0.3, -0.25) is 0 Å². The molecular weight excluding hydrogens is 336 g/mol. The fourth-order valence-electron chi connectivity index (χ4n) is 3.32. The van der Waals surface area contributed by atoms with E-state index >= 15 is 0 Å². The maximum atomic E-state index is 5.32. The van der Waals surface area contributed by atoms with E-state index in [0.717, 1.165) is 45.5 Å². The molecule has 0 unspecified atom stereocenters. The molecule has 0 atom stereocenters. The standard InChI is InChI=1S/C22H22N4O/c1-14-5-6-18(22-15(2)25-27-16(22)3)13-21(14)24-19-7-9-20(10-8-19)26-12-11-23-17(26)4/h5-13,24H,1-4H3. The topological polar surface area (TPSA) is 55.9 Å². The first-order chi connectivity index (χ1) is 13.0. The second kappa shape index (κ2) is 6.76. The average Bonchev–Trinajstić information content (AvgIpc) is 3.23. The summed E-state index contributed by atoms with van der Waals surface area (Å²) in [7, 11) is 0. The fraction of sp³-hybridized carbons (Fsp3) is 0.182. The van der Waals surface area contributed by atoms with Crippen LogP contribution in [0.1, 0.15) is 22.8 Å². The molecule has 0 fully saturated rings. The van der Waals surface area contributed by atoms with Crippen molar-refractivity contribution < 1.29 is 4.52 Å². The molecule has 4 aromatic rings. The summed E-state index contributed by atoms with van der Waals surface area (Å²) >= 11 is 0. The number of hydrogen-bond acceptors (Lipinski definition) is 4. The van der Waals surface area contributed by atoms with Crippen LogP contribution in [0.3, 0.4) is 0 Å². The number of nitrogens with one attached hydrogen (secondary N) is 1. The van der Waals surface area contributed by atoms with Gasteiger partial charge in [0.05, 0.1) is 5.69 Å². The van der Waals surface area contributed by atoms with Crippen LogP contribution in [0.15, 0.2) is 59.4 Å². The maximum absolute atomic E-state index is 5.32. The molecule has 0 radical (unpaired) electrons. The van der Waals surface area contributed by atoms with Crippen LogP contribution in [0.2, 0.25) is 0 Å². The highest BCUT2D eigenvalue weighted by Crippen LogP contribution is 2.31. The van der Waals surface area contributed by atoms with Gasteiger partial charge in [0, 0.05) is 35.0 Å². The van der Waals surface area contributed by atoms with Gasteiger partial charge < -0.3 is 14.4 Å². The third kappa shape index (κ3) is 3.24. The molecule has 2 heterocycles. The van der Waals surface area contributed by atoms with E-state index in [-0.39, 0.29) is 0 Å². The zero-order chi connectivity index (χ0) is 19.0. The van der Waals surface area contributed by atoms with E-state index in [9.17, 15) is 0 Å². The van der Waals surface area contributed by atoms with Gasteiger partial charge in [-0.2, -0.15) is 0 Å². The van der Waals surface area contributed by atoms with Crippen LogP contribution in [0.4, 0.5) is 11.4 Å². The van der Waals surface area contributed by atoms with Gasteiger partial charge >= 0.3 is 0 Å². The summed E-state index contributed by atoms with van der Waals surface area (Å²) in [5.41, 5.74) is 7.45. The number of aromatic nitrogens is 3. The third-order valence-corrected chi connectivity index (χ3v) is 4.81. The van der Waals surface area contributed by atoms with Crippen molar-refractivity contribution >= 4 is 11.4 Å². The highest BCUT2D eigenvalue weighted by atomic mass is 16.5. The Bertz CT molecular complexity index is 1070. The van der Waals surface area contributed by atoms with Crippen LogP contribution in [-0.2, 0) is 0 Å². The lowest BCUT2D eigenvalue weighted by Gasteiger charge is -2.13. The lowest BCUT2D eigenvalue weighted by Crippen LogP contribution is -1.97. The molecular formula is C22H22N4O. The minimum absolute atomic E-state index is 0.836. The molecule has 0 saturated heterocycles. The molecule has 0 spiro atoms. The normalized spacial score (nSPS) is 11.0. The van der Waals surface area contributed by atoms with Crippen LogP contribution in [-0.4, -0.2) is 14.7 Å². The number of nitrogens with zero attached hydrogens (tertiary/aromatic N) is 3. The van der Waals surface area contributed by atoms with Gasteiger partial charge in [0.1, 0.15) is 11.6 Å². The van der Waals surface area contributed by atoms with Crippen molar-refractivity contribution in [2.45, 2.75) is 27.7 Å². The average molecular weight is 358 g/mol. The molecule has 27 heavy (non-hydrogen) atoms. The SMILES string of the molecule is Cc1ccc(-c2c(C)noc2C)cc1Nc1ccc(-n2ccnc2C)cc1. The molecule has 136 valence electrons. The summed E-state index contributed by atoms with van der Waals surface area (Å²) in [6, 6.07) is 14.7. The van der Waals surface area contributed by atoms with Crippen molar-refractivity contribution in [3.63, 3.8) is 0 Å². The lowest BCUT2D eigenvalue weighted by atomic mass is 10.0. The van der Waals surface area contributed by atoms with Crippen molar-refractivity contribution in [2.75, 3.05) is 5.32 Å². The smallest absolute Gasteiger partial charge is 0.141 e. The van der Waals surface area contributed by atoms with Crippen LogP contribution in [0.5, 0.6) is 0 Å². The van der Waals surface area contributed by atoms with E-state index in [0.29, 0.717) is 0 Å². The molecule has 5 heteroatoms. The summed E-state index contributed by atoms with van der Waals surface area (Å²) in [5.74, 6) is 1.81. The van der Waals surface area contributed by atoms with Crippen molar-refractivity contribution in [3.05, 3.63) is 77.7 Å². The van der Waals surface area contributed by atoms with E-state index in [4.69, 9.17) is 4.52 Å². The molecule has 0 aliphatic carbocycles. The van der Waals surface area contributed by atoms with Gasteiger partial charge in [0.15, 0.2) is 0 Å². The second-order valence-corrected chi connectivity index (χ2v) is 6.75. The number of benzene rings is 2. The van der Waals surface area contributed by atoms with Crippen LogP contribution < -0.4 is 5.32 Å². The van der Waals surface area contributed by atoms with Crippen molar-refractivity contribution in [1.82, 2.24) is 14.7 Å². The Kier molecular flexibility index (Phi) is 4.28. The maximum Gasteiger partial charge on any atom is 0.141 e.